The molecule has 1 aliphatic heterocycles. The van der Waals surface area contributed by atoms with Gasteiger partial charge in [0.1, 0.15) is 5.60 Å². The summed E-state index contributed by atoms with van der Waals surface area (Å²) in [5, 5.41) is 11.6. The Labute approximate surface area is 128 Å². The topological polar surface area (TPSA) is 110 Å². The van der Waals surface area contributed by atoms with Crippen LogP contribution in [0.4, 0.5) is 5.69 Å². The van der Waals surface area contributed by atoms with E-state index in [4.69, 9.17) is 9.84 Å². The molecule has 22 heavy (non-hydrogen) atoms. The fourth-order valence-electron chi connectivity index (χ4n) is 2.23. The highest BCUT2D eigenvalue weighted by molar-refractivity contribution is 7.90. The monoisotopic (exact) mass is 327 g/mol. The average molecular weight is 327 g/mol. The molecule has 8 heteroatoms. The Balaban J connectivity index is 2.36. The summed E-state index contributed by atoms with van der Waals surface area (Å²) in [6.07, 6.45) is 2.28. The van der Waals surface area contributed by atoms with E-state index in [2.05, 4.69) is 5.32 Å². The summed E-state index contributed by atoms with van der Waals surface area (Å²) >= 11 is 0. The third-order valence-corrected chi connectivity index (χ3v) is 4.63. The zero-order valence-corrected chi connectivity index (χ0v) is 13.1. The van der Waals surface area contributed by atoms with E-state index in [-0.39, 0.29) is 16.1 Å². The van der Waals surface area contributed by atoms with Crippen molar-refractivity contribution < 1.29 is 27.9 Å². The minimum atomic E-state index is -3.60. The van der Waals surface area contributed by atoms with Gasteiger partial charge in [0.25, 0.3) is 5.91 Å². The van der Waals surface area contributed by atoms with Crippen molar-refractivity contribution >= 4 is 27.4 Å². The molecule has 1 aromatic rings. The number of amides is 1. The predicted molar refractivity (Wildman–Crippen MR) is 78.7 cm³/mol. The van der Waals surface area contributed by atoms with Gasteiger partial charge in [0, 0.05) is 18.6 Å². The van der Waals surface area contributed by atoms with Crippen LogP contribution in [-0.2, 0) is 19.4 Å². The van der Waals surface area contributed by atoms with E-state index in [9.17, 15) is 18.0 Å². The van der Waals surface area contributed by atoms with Crippen LogP contribution in [0.25, 0.3) is 0 Å². The van der Waals surface area contributed by atoms with Crippen molar-refractivity contribution in [2.75, 3.05) is 18.2 Å². The number of carboxylic acid groups (broad SMARTS) is 1. The fraction of sp³-hybridized carbons (Fsp3) is 0.429. The third kappa shape index (κ3) is 3.45. The first-order valence-electron chi connectivity index (χ1n) is 6.66. The number of anilines is 1. The van der Waals surface area contributed by atoms with E-state index >= 15 is 0 Å². The second-order valence-electron chi connectivity index (χ2n) is 5.46. The van der Waals surface area contributed by atoms with E-state index in [0.29, 0.717) is 13.0 Å². The Bertz CT molecular complexity index is 719. The van der Waals surface area contributed by atoms with Crippen molar-refractivity contribution in [1.29, 1.82) is 0 Å². The van der Waals surface area contributed by atoms with E-state index in [1.165, 1.54) is 12.1 Å². The maximum Gasteiger partial charge on any atom is 0.335 e. The van der Waals surface area contributed by atoms with Gasteiger partial charge in [-0.3, -0.25) is 4.79 Å². The molecule has 0 radical (unpaired) electrons. The molecule has 0 bridgehead atoms. The standard InChI is InChI=1S/C14H17NO6S/c1-14(4-3-5-21-14)13(18)15-10-6-9(12(16)17)7-11(8-10)22(2,19)20/h6-8H,3-5H2,1-2H3,(H,15,18)(H,16,17). The van der Waals surface area contributed by atoms with Gasteiger partial charge >= 0.3 is 5.97 Å². The number of ether oxygens (including phenoxy) is 1. The molecule has 1 amide bonds. The molecule has 1 saturated heterocycles. The van der Waals surface area contributed by atoms with E-state index in [1.54, 1.807) is 6.92 Å². The number of sulfone groups is 1. The van der Waals surface area contributed by atoms with E-state index < -0.39 is 27.3 Å². The average Bonchev–Trinajstić information content (AvgIpc) is 2.85. The van der Waals surface area contributed by atoms with Crippen molar-refractivity contribution in [2.24, 2.45) is 0 Å². The van der Waals surface area contributed by atoms with Crippen molar-refractivity contribution in [2.45, 2.75) is 30.3 Å². The lowest BCUT2D eigenvalue weighted by molar-refractivity contribution is -0.133. The molecule has 1 atom stereocenters. The first-order valence-corrected chi connectivity index (χ1v) is 8.55. The highest BCUT2D eigenvalue weighted by atomic mass is 32.2. The van der Waals surface area contributed by atoms with Crippen LogP contribution in [0.15, 0.2) is 23.1 Å². The molecule has 1 aromatic carbocycles. The molecule has 1 aliphatic rings. The SMILES string of the molecule is CC1(C(=O)Nc2cc(C(=O)O)cc(S(C)(=O)=O)c2)CCCO1. The van der Waals surface area contributed by atoms with E-state index in [0.717, 1.165) is 18.7 Å². The molecule has 1 unspecified atom stereocenters. The van der Waals surface area contributed by atoms with Crippen LogP contribution in [-0.4, -0.2) is 43.9 Å². The van der Waals surface area contributed by atoms with Crippen molar-refractivity contribution in [3.63, 3.8) is 0 Å². The Morgan fingerprint density at radius 2 is 2.00 bits per heavy atom. The zero-order chi connectivity index (χ0) is 16.5. The number of benzene rings is 1. The van der Waals surface area contributed by atoms with Crippen LogP contribution in [0.5, 0.6) is 0 Å². The number of carboxylic acids is 1. The summed E-state index contributed by atoms with van der Waals surface area (Å²) in [6, 6.07) is 3.51. The predicted octanol–water partition coefficient (Wildman–Crippen LogP) is 1.30. The summed E-state index contributed by atoms with van der Waals surface area (Å²) in [5.74, 6) is -1.70. The molecule has 7 nitrogen and oxygen atoms in total. The van der Waals surface area contributed by atoms with E-state index in [1.807, 2.05) is 0 Å². The lowest BCUT2D eigenvalue weighted by Crippen LogP contribution is -2.39. The van der Waals surface area contributed by atoms with Gasteiger partial charge in [-0.2, -0.15) is 0 Å². The molecular weight excluding hydrogens is 310 g/mol. The first kappa shape index (κ1) is 16.4. The number of nitrogens with one attached hydrogen (secondary N) is 1. The fourth-order valence-corrected chi connectivity index (χ4v) is 2.91. The van der Waals surface area contributed by atoms with Crippen molar-refractivity contribution in [1.82, 2.24) is 0 Å². The summed E-state index contributed by atoms with van der Waals surface area (Å²) in [4.78, 5) is 23.2. The highest BCUT2D eigenvalue weighted by Gasteiger charge is 2.37. The number of rotatable bonds is 4. The largest absolute Gasteiger partial charge is 0.478 e. The second-order valence-corrected chi connectivity index (χ2v) is 7.48. The van der Waals surface area contributed by atoms with Gasteiger partial charge in [-0.15, -0.1) is 0 Å². The second kappa shape index (κ2) is 5.69. The molecular formula is C14H17NO6S. The van der Waals surface area contributed by atoms with Gasteiger partial charge in [0.2, 0.25) is 0 Å². The van der Waals surface area contributed by atoms with Gasteiger partial charge in [-0.1, -0.05) is 0 Å². The molecule has 0 saturated carbocycles. The number of aromatic carboxylic acids is 1. The zero-order valence-electron chi connectivity index (χ0n) is 12.3. The van der Waals surface area contributed by atoms with Gasteiger partial charge in [0.15, 0.2) is 9.84 Å². The molecule has 0 aromatic heterocycles. The quantitative estimate of drug-likeness (QED) is 0.862. The van der Waals surface area contributed by atoms with Crippen LogP contribution < -0.4 is 5.32 Å². The number of hydrogen-bond donors (Lipinski definition) is 2. The normalized spacial score (nSPS) is 21.5. The van der Waals surface area contributed by atoms with Crippen molar-refractivity contribution in [3.05, 3.63) is 23.8 Å². The number of carbonyl (C=O) groups is 2. The number of hydrogen-bond acceptors (Lipinski definition) is 5. The van der Waals surface area contributed by atoms with Gasteiger partial charge in [-0.25, -0.2) is 13.2 Å². The van der Waals surface area contributed by atoms with Gasteiger partial charge in [0.05, 0.1) is 10.5 Å². The Kier molecular flexibility index (Phi) is 4.25. The number of carbonyl (C=O) groups excluding carboxylic acids is 1. The summed E-state index contributed by atoms with van der Waals surface area (Å²) < 4.78 is 28.7. The van der Waals surface area contributed by atoms with Crippen LogP contribution in [0.2, 0.25) is 0 Å². The molecule has 2 N–H and O–H groups in total. The Morgan fingerprint density at radius 1 is 1.32 bits per heavy atom. The van der Waals surface area contributed by atoms with Crippen LogP contribution in [0.1, 0.15) is 30.1 Å². The summed E-state index contributed by atoms with van der Waals surface area (Å²) in [7, 11) is -3.60. The summed E-state index contributed by atoms with van der Waals surface area (Å²) in [6.45, 7) is 2.13. The van der Waals surface area contributed by atoms with Gasteiger partial charge in [-0.05, 0) is 38.0 Å². The smallest absolute Gasteiger partial charge is 0.335 e. The minimum Gasteiger partial charge on any atom is -0.478 e. The minimum absolute atomic E-state index is 0.113. The highest BCUT2D eigenvalue weighted by Crippen LogP contribution is 2.27. The molecule has 0 aliphatic carbocycles. The Hall–Kier alpha value is -1.93. The molecule has 0 spiro atoms. The maximum atomic E-state index is 12.2. The van der Waals surface area contributed by atoms with Gasteiger partial charge < -0.3 is 15.2 Å². The van der Waals surface area contributed by atoms with Crippen LogP contribution >= 0.6 is 0 Å². The lowest BCUT2D eigenvalue weighted by atomic mass is 10.0. The Morgan fingerprint density at radius 3 is 2.50 bits per heavy atom. The van der Waals surface area contributed by atoms with Crippen LogP contribution in [0, 0.1) is 0 Å². The molecule has 1 heterocycles. The lowest BCUT2D eigenvalue weighted by Gasteiger charge is -2.22. The molecule has 1 fully saturated rings. The molecule has 120 valence electrons. The maximum absolute atomic E-state index is 12.2. The summed E-state index contributed by atoms with van der Waals surface area (Å²) in [5.41, 5.74) is -1.08. The molecule has 2 rings (SSSR count). The van der Waals surface area contributed by atoms with Crippen LogP contribution in [0.3, 0.4) is 0 Å². The van der Waals surface area contributed by atoms with Crippen molar-refractivity contribution in [3.8, 4) is 0 Å². The third-order valence-electron chi connectivity index (χ3n) is 3.54. The first-order chi connectivity index (χ1) is 10.1.